The molecule has 0 aliphatic carbocycles. The van der Waals surface area contributed by atoms with Crippen LogP contribution in [0.1, 0.15) is 48.4 Å². The molecule has 0 unspecified atom stereocenters. The summed E-state index contributed by atoms with van der Waals surface area (Å²) in [7, 11) is 0. The fraction of sp³-hybridized carbons (Fsp3) is 0.261. The van der Waals surface area contributed by atoms with Crippen molar-refractivity contribution >= 4 is 17.6 Å². The van der Waals surface area contributed by atoms with Crippen LogP contribution in [0, 0.1) is 5.82 Å². The van der Waals surface area contributed by atoms with E-state index in [0.717, 1.165) is 0 Å². The summed E-state index contributed by atoms with van der Waals surface area (Å²) in [6, 6.07) is 10.2. The minimum Gasteiger partial charge on any atom is -0.493 e. The van der Waals surface area contributed by atoms with Gasteiger partial charge in [0.1, 0.15) is 17.1 Å². The number of benzene rings is 2. The molecule has 2 aromatic carbocycles. The number of carbonyl (C=O) groups is 2. The molecule has 0 radical (unpaired) electrons. The molecule has 0 saturated heterocycles. The molecule has 8 heteroatoms. The molecule has 0 aliphatic rings. The Morgan fingerprint density at radius 1 is 1.13 bits per heavy atom. The fourth-order valence-electron chi connectivity index (χ4n) is 3.16. The van der Waals surface area contributed by atoms with Crippen molar-refractivity contribution in [2.24, 2.45) is 0 Å². The van der Waals surface area contributed by atoms with Gasteiger partial charge in [0.25, 0.3) is 5.91 Å². The number of aromatic nitrogens is 2. The van der Waals surface area contributed by atoms with Crippen LogP contribution in [-0.4, -0.2) is 33.4 Å². The van der Waals surface area contributed by atoms with Crippen molar-refractivity contribution in [1.82, 2.24) is 9.78 Å². The summed E-state index contributed by atoms with van der Waals surface area (Å²) in [5, 5.41) is 16.5. The van der Waals surface area contributed by atoms with E-state index in [1.807, 2.05) is 20.8 Å². The predicted molar refractivity (Wildman–Crippen MR) is 115 cm³/mol. The maximum absolute atomic E-state index is 13.4. The van der Waals surface area contributed by atoms with Gasteiger partial charge in [0, 0.05) is 11.3 Å². The summed E-state index contributed by atoms with van der Waals surface area (Å²) >= 11 is 0. The molecule has 0 bridgehead atoms. The number of amides is 1. The van der Waals surface area contributed by atoms with E-state index in [0.29, 0.717) is 23.6 Å². The molecule has 7 nitrogen and oxygen atoms in total. The van der Waals surface area contributed by atoms with E-state index in [4.69, 9.17) is 4.74 Å². The lowest BCUT2D eigenvalue weighted by Gasteiger charge is -2.23. The van der Waals surface area contributed by atoms with Crippen molar-refractivity contribution in [3.63, 3.8) is 0 Å². The predicted octanol–water partition coefficient (Wildman–Crippen LogP) is 4.79. The summed E-state index contributed by atoms with van der Waals surface area (Å²) in [4.78, 5) is 24.6. The molecule has 162 valence electrons. The van der Waals surface area contributed by atoms with Gasteiger partial charge >= 0.3 is 5.97 Å². The Labute approximate surface area is 179 Å². The van der Waals surface area contributed by atoms with Crippen molar-refractivity contribution in [1.29, 1.82) is 0 Å². The van der Waals surface area contributed by atoms with E-state index in [2.05, 4.69) is 10.4 Å². The molecule has 0 atom stereocenters. The third-order valence-corrected chi connectivity index (χ3v) is 4.53. The first-order valence-electron chi connectivity index (χ1n) is 9.77. The number of ether oxygens (including phenoxy) is 1. The normalized spacial score (nSPS) is 11.3. The molecule has 1 heterocycles. The number of anilines is 1. The topological polar surface area (TPSA) is 93.5 Å². The van der Waals surface area contributed by atoms with E-state index in [1.54, 1.807) is 29.8 Å². The molecule has 0 saturated carbocycles. The van der Waals surface area contributed by atoms with Gasteiger partial charge in [-0.3, -0.25) is 9.48 Å². The molecular weight excluding hydrogens is 401 g/mol. The summed E-state index contributed by atoms with van der Waals surface area (Å²) in [5.41, 5.74) is 1.28. The van der Waals surface area contributed by atoms with Gasteiger partial charge in [0.05, 0.1) is 29.6 Å². The number of carboxylic acid groups (broad SMARTS) is 1. The Kier molecular flexibility index (Phi) is 6.10. The highest BCUT2D eigenvalue weighted by Crippen LogP contribution is 2.30. The third kappa shape index (κ3) is 4.74. The van der Waals surface area contributed by atoms with Gasteiger partial charge in [-0.05, 0) is 70.2 Å². The number of rotatable bonds is 6. The minimum absolute atomic E-state index is 0.0520. The van der Waals surface area contributed by atoms with Crippen LogP contribution in [0.5, 0.6) is 5.75 Å². The van der Waals surface area contributed by atoms with Crippen LogP contribution in [0.25, 0.3) is 11.3 Å². The van der Waals surface area contributed by atoms with Gasteiger partial charge in [-0.15, -0.1) is 0 Å². The summed E-state index contributed by atoms with van der Waals surface area (Å²) in [6.45, 7) is 7.91. The van der Waals surface area contributed by atoms with Crippen LogP contribution in [0.4, 0.5) is 10.1 Å². The van der Waals surface area contributed by atoms with E-state index in [9.17, 15) is 19.1 Å². The molecular formula is C23H24FN3O4. The number of hydrogen-bond donors (Lipinski definition) is 2. The van der Waals surface area contributed by atoms with Crippen molar-refractivity contribution in [3.8, 4) is 17.0 Å². The smallest absolute Gasteiger partial charge is 0.339 e. The van der Waals surface area contributed by atoms with Gasteiger partial charge < -0.3 is 15.2 Å². The number of nitrogens with one attached hydrogen (secondary N) is 1. The standard InChI is InChI=1S/C23H24FN3O4/c1-5-31-19-11-10-16(12-17(19)22(29)30)26-21(28)18-13-25-27(23(2,3)4)20(18)14-6-8-15(24)9-7-14/h6-13H,5H2,1-4H3,(H,26,28)(H,29,30). The van der Waals surface area contributed by atoms with Gasteiger partial charge in [-0.2, -0.15) is 5.10 Å². The second-order valence-electron chi connectivity index (χ2n) is 7.90. The van der Waals surface area contributed by atoms with Crippen LogP contribution in [0.15, 0.2) is 48.7 Å². The van der Waals surface area contributed by atoms with Crippen LogP contribution >= 0.6 is 0 Å². The lowest BCUT2D eigenvalue weighted by molar-refractivity contribution is 0.0692. The van der Waals surface area contributed by atoms with Crippen molar-refractivity contribution in [2.45, 2.75) is 33.2 Å². The average molecular weight is 425 g/mol. The molecule has 0 fully saturated rings. The number of nitrogens with zero attached hydrogens (tertiary/aromatic N) is 2. The van der Waals surface area contributed by atoms with Gasteiger partial charge in [0.15, 0.2) is 0 Å². The third-order valence-electron chi connectivity index (χ3n) is 4.53. The molecule has 1 amide bonds. The fourth-order valence-corrected chi connectivity index (χ4v) is 3.16. The number of carboxylic acids is 1. The van der Waals surface area contributed by atoms with E-state index in [1.165, 1.54) is 30.5 Å². The monoisotopic (exact) mass is 425 g/mol. The molecule has 0 aliphatic heterocycles. The average Bonchev–Trinajstić information content (AvgIpc) is 3.15. The van der Waals surface area contributed by atoms with Crippen LogP contribution in [-0.2, 0) is 5.54 Å². The molecule has 3 rings (SSSR count). The van der Waals surface area contributed by atoms with Gasteiger partial charge in [-0.1, -0.05) is 0 Å². The summed E-state index contributed by atoms with van der Waals surface area (Å²) in [5.74, 6) is -1.78. The molecule has 3 aromatic rings. The molecule has 0 spiro atoms. The van der Waals surface area contributed by atoms with E-state index in [-0.39, 0.29) is 22.7 Å². The Bertz CT molecular complexity index is 1110. The van der Waals surface area contributed by atoms with Crippen LogP contribution in [0.3, 0.4) is 0 Å². The van der Waals surface area contributed by atoms with Gasteiger partial charge in [-0.25, -0.2) is 9.18 Å². The molecule has 2 N–H and O–H groups in total. The number of carbonyl (C=O) groups excluding carboxylic acids is 1. The Morgan fingerprint density at radius 2 is 1.81 bits per heavy atom. The number of hydrogen-bond acceptors (Lipinski definition) is 4. The Morgan fingerprint density at radius 3 is 2.39 bits per heavy atom. The zero-order valence-electron chi connectivity index (χ0n) is 17.8. The Balaban J connectivity index is 2.01. The lowest BCUT2D eigenvalue weighted by Crippen LogP contribution is -2.24. The lowest BCUT2D eigenvalue weighted by atomic mass is 10.0. The first-order valence-corrected chi connectivity index (χ1v) is 9.77. The van der Waals surface area contributed by atoms with E-state index >= 15 is 0 Å². The van der Waals surface area contributed by atoms with Crippen LogP contribution in [0.2, 0.25) is 0 Å². The number of halogens is 1. The molecule has 1 aromatic heterocycles. The number of aromatic carboxylic acids is 1. The highest BCUT2D eigenvalue weighted by atomic mass is 19.1. The first-order chi connectivity index (χ1) is 14.6. The molecule has 31 heavy (non-hydrogen) atoms. The zero-order chi connectivity index (χ0) is 22.8. The van der Waals surface area contributed by atoms with Crippen molar-refractivity contribution < 1.29 is 23.8 Å². The highest BCUT2D eigenvalue weighted by Gasteiger charge is 2.25. The summed E-state index contributed by atoms with van der Waals surface area (Å²) < 4.78 is 20.5. The van der Waals surface area contributed by atoms with Crippen molar-refractivity contribution in [3.05, 3.63) is 65.6 Å². The minimum atomic E-state index is -1.16. The Hall–Kier alpha value is -3.68. The largest absolute Gasteiger partial charge is 0.493 e. The maximum Gasteiger partial charge on any atom is 0.339 e. The van der Waals surface area contributed by atoms with Gasteiger partial charge in [0.2, 0.25) is 0 Å². The second-order valence-corrected chi connectivity index (χ2v) is 7.90. The second kappa shape index (κ2) is 8.59. The first kappa shape index (κ1) is 22.0. The summed E-state index contributed by atoms with van der Waals surface area (Å²) in [6.07, 6.45) is 1.45. The van der Waals surface area contributed by atoms with Crippen LogP contribution < -0.4 is 10.1 Å². The van der Waals surface area contributed by atoms with E-state index < -0.39 is 17.4 Å². The SMILES string of the molecule is CCOc1ccc(NC(=O)c2cnn(C(C)(C)C)c2-c2ccc(F)cc2)cc1C(=O)O. The van der Waals surface area contributed by atoms with Crippen molar-refractivity contribution in [2.75, 3.05) is 11.9 Å². The maximum atomic E-state index is 13.4. The highest BCUT2D eigenvalue weighted by molar-refractivity contribution is 6.08. The quantitative estimate of drug-likeness (QED) is 0.592. The zero-order valence-corrected chi connectivity index (χ0v) is 17.8.